The summed E-state index contributed by atoms with van der Waals surface area (Å²) in [5.41, 5.74) is 2.10. The molecule has 1 aromatic carbocycles. The molecule has 0 unspecified atom stereocenters. The largest absolute Gasteiger partial charge is 0.374 e. The summed E-state index contributed by atoms with van der Waals surface area (Å²) in [6.45, 7) is 2.40. The fourth-order valence-electron chi connectivity index (χ4n) is 2.10. The molecular weight excluding hydrogens is 268 g/mol. The second-order valence-corrected chi connectivity index (χ2v) is 4.39. The van der Waals surface area contributed by atoms with Crippen LogP contribution in [-0.2, 0) is 13.0 Å². The van der Waals surface area contributed by atoms with Crippen LogP contribution in [0.2, 0.25) is 0 Å². The summed E-state index contributed by atoms with van der Waals surface area (Å²) in [7, 11) is 0. The van der Waals surface area contributed by atoms with E-state index in [1.165, 1.54) is 6.07 Å². The number of aryl methyl sites for hydroxylation is 1. The number of rotatable bonds is 5. The molecule has 0 radical (unpaired) electrons. The molecule has 0 saturated heterocycles. The average Bonchev–Trinajstić information content (AvgIpc) is 2.52. The Morgan fingerprint density at radius 1 is 1.38 bits per heavy atom. The van der Waals surface area contributed by atoms with Gasteiger partial charge in [0.1, 0.15) is 17.3 Å². The lowest BCUT2D eigenvalue weighted by Crippen LogP contribution is -2.07. The van der Waals surface area contributed by atoms with Crippen LogP contribution in [0.1, 0.15) is 23.7 Å². The summed E-state index contributed by atoms with van der Waals surface area (Å²) in [6.07, 6.45) is 2.53. The van der Waals surface area contributed by atoms with Gasteiger partial charge in [-0.2, -0.15) is 5.26 Å². The number of para-hydroxylation sites is 1. The molecule has 1 N–H and O–H groups in total. The summed E-state index contributed by atoms with van der Waals surface area (Å²) in [5, 5.41) is 23.1. The van der Waals surface area contributed by atoms with E-state index in [1.807, 2.05) is 25.1 Å². The van der Waals surface area contributed by atoms with Gasteiger partial charge in [-0.05, 0) is 30.2 Å². The van der Waals surface area contributed by atoms with Crippen molar-refractivity contribution in [3.8, 4) is 6.07 Å². The highest BCUT2D eigenvalue weighted by atomic mass is 16.6. The van der Waals surface area contributed by atoms with Crippen LogP contribution in [0.4, 0.5) is 11.4 Å². The van der Waals surface area contributed by atoms with E-state index in [0.29, 0.717) is 12.2 Å². The molecular formula is C15H14N4O2. The Kier molecular flexibility index (Phi) is 4.46. The zero-order valence-electron chi connectivity index (χ0n) is 11.5. The third-order valence-electron chi connectivity index (χ3n) is 3.15. The number of hydrogen-bond acceptors (Lipinski definition) is 5. The minimum atomic E-state index is -0.542. The monoisotopic (exact) mass is 282 g/mol. The Balaban J connectivity index is 2.29. The van der Waals surface area contributed by atoms with E-state index >= 15 is 0 Å². The highest BCUT2D eigenvalue weighted by Crippen LogP contribution is 2.28. The molecule has 6 nitrogen and oxygen atoms in total. The molecule has 0 fully saturated rings. The van der Waals surface area contributed by atoms with Gasteiger partial charge in [-0.1, -0.05) is 19.1 Å². The van der Waals surface area contributed by atoms with Gasteiger partial charge in [0.15, 0.2) is 0 Å². The molecule has 0 aliphatic rings. The lowest BCUT2D eigenvalue weighted by atomic mass is 10.1. The summed E-state index contributed by atoms with van der Waals surface area (Å²) in [6, 6.07) is 10.3. The molecule has 0 amide bonds. The van der Waals surface area contributed by atoms with Crippen molar-refractivity contribution in [2.24, 2.45) is 0 Å². The first-order valence-electron chi connectivity index (χ1n) is 6.51. The Morgan fingerprint density at radius 2 is 2.19 bits per heavy atom. The first-order valence-corrected chi connectivity index (χ1v) is 6.51. The number of nitro benzene ring substituents is 1. The van der Waals surface area contributed by atoms with Gasteiger partial charge in [0, 0.05) is 6.20 Å². The van der Waals surface area contributed by atoms with Crippen molar-refractivity contribution in [1.29, 1.82) is 5.26 Å². The Hall–Kier alpha value is -2.94. The second-order valence-electron chi connectivity index (χ2n) is 4.39. The van der Waals surface area contributed by atoms with E-state index in [9.17, 15) is 10.1 Å². The number of aromatic nitrogens is 1. The quantitative estimate of drug-likeness (QED) is 0.672. The average molecular weight is 282 g/mol. The SMILES string of the molecule is CCc1cccnc1CNc1cccc(C#N)c1[N+](=O)[O-]. The van der Waals surface area contributed by atoms with Crippen molar-refractivity contribution in [3.05, 3.63) is 63.5 Å². The van der Waals surface area contributed by atoms with Crippen molar-refractivity contribution in [2.75, 3.05) is 5.32 Å². The zero-order valence-corrected chi connectivity index (χ0v) is 11.5. The molecule has 0 bridgehead atoms. The van der Waals surface area contributed by atoms with Crippen LogP contribution in [0.15, 0.2) is 36.5 Å². The number of nitrogens with zero attached hydrogens (tertiary/aromatic N) is 3. The fourth-order valence-corrected chi connectivity index (χ4v) is 2.10. The van der Waals surface area contributed by atoms with Gasteiger partial charge in [-0.15, -0.1) is 0 Å². The van der Waals surface area contributed by atoms with Crippen LogP contribution in [-0.4, -0.2) is 9.91 Å². The van der Waals surface area contributed by atoms with Crippen LogP contribution in [0.5, 0.6) is 0 Å². The first kappa shape index (κ1) is 14.5. The predicted molar refractivity (Wildman–Crippen MR) is 78.8 cm³/mol. The summed E-state index contributed by atoms with van der Waals surface area (Å²) < 4.78 is 0. The molecule has 0 spiro atoms. The van der Waals surface area contributed by atoms with Crippen molar-refractivity contribution >= 4 is 11.4 Å². The number of hydrogen-bond donors (Lipinski definition) is 1. The Bertz CT molecular complexity index is 707. The molecule has 0 aliphatic carbocycles. The van der Waals surface area contributed by atoms with Gasteiger partial charge in [-0.25, -0.2) is 0 Å². The maximum Gasteiger partial charge on any atom is 0.309 e. The minimum absolute atomic E-state index is 0.0433. The molecule has 0 aliphatic heterocycles. The van der Waals surface area contributed by atoms with Gasteiger partial charge in [0.05, 0.1) is 17.2 Å². The lowest BCUT2D eigenvalue weighted by Gasteiger charge is -2.10. The van der Waals surface area contributed by atoms with Crippen LogP contribution >= 0.6 is 0 Å². The lowest BCUT2D eigenvalue weighted by molar-refractivity contribution is -0.384. The Labute approximate surface area is 122 Å². The molecule has 6 heteroatoms. The van der Waals surface area contributed by atoms with Crippen LogP contribution in [0.3, 0.4) is 0 Å². The number of pyridine rings is 1. The van der Waals surface area contributed by atoms with Gasteiger partial charge in [0.25, 0.3) is 0 Å². The van der Waals surface area contributed by atoms with Crippen LogP contribution in [0, 0.1) is 21.4 Å². The minimum Gasteiger partial charge on any atom is -0.374 e. The van der Waals surface area contributed by atoms with Gasteiger partial charge >= 0.3 is 5.69 Å². The topological polar surface area (TPSA) is 91.8 Å². The van der Waals surface area contributed by atoms with E-state index < -0.39 is 4.92 Å². The zero-order chi connectivity index (χ0) is 15.2. The summed E-state index contributed by atoms with van der Waals surface area (Å²) in [5.74, 6) is 0. The highest BCUT2D eigenvalue weighted by Gasteiger charge is 2.19. The van der Waals surface area contributed by atoms with Gasteiger partial charge < -0.3 is 5.32 Å². The molecule has 1 aromatic heterocycles. The van der Waals surface area contributed by atoms with Crippen molar-refractivity contribution in [2.45, 2.75) is 19.9 Å². The van der Waals surface area contributed by atoms with Gasteiger partial charge in [0.2, 0.25) is 0 Å². The Morgan fingerprint density at radius 3 is 2.86 bits per heavy atom. The fraction of sp³-hybridized carbons (Fsp3) is 0.200. The number of nitriles is 1. The van der Waals surface area contributed by atoms with Crippen LogP contribution < -0.4 is 5.32 Å². The molecule has 0 atom stereocenters. The molecule has 0 saturated carbocycles. The number of benzene rings is 1. The second kappa shape index (κ2) is 6.48. The molecule has 106 valence electrons. The van der Waals surface area contributed by atoms with E-state index in [0.717, 1.165) is 17.7 Å². The summed E-state index contributed by atoms with van der Waals surface area (Å²) in [4.78, 5) is 14.9. The standard InChI is InChI=1S/C15H14N4O2/c1-2-11-6-4-8-17-14(11)10-18-13-7-3-5-12(9-16)15(13)19(20)21/h3-8,18H,2,10H2,1H3. The van der Waals surface area contributed by atoms with Crippen molar-refractivity contribution in [1.82, 2.24) is 4.98 Å². The van der Waals surface area contributed by atoms with E-state index in [2.05, 4.69) is 10.3 Å². The molecule has 2 rings (SSSR count). The van der Waals surface area contributed by atoms with Crippen molar-refractivity contribution < 1.29 is 4.92 Å². The maximum atomic E-state index is 11.1. The number of nitro groups is 1. The first-order chi connectivity index (χ1) is 10.2. The van der Waals surface area contributed by atoms with E-state index in [-0.39, 0.29) is 11.3 Å². The highest BCUT2D eigenvalue weighted by molar-refractivity contribution is 5.68. The van der Waals surface area contributed by atoms with Crippen LogP contribution in [0.25, 0.3) is 0 Å². The summed E-state index contributed by atoms with van der Waals surface area (Å²) >= 11 is 0. The van der Waals surface area contributed by atoms with Crippen molar-refractivity contribution in [3.63, 3.8) is 0 Å². The number of nitrogens with one attached hydrogen (secondary N) is 1. The van der Waals surface area contributed by atoms with Gasteiger partial charge in [-0.3, -0.25) is 15.1 Å². The molecule has 1 heterocycles. The normalized spacial score (nSPS) is 9.90. The van der Waals surface area contributed by atoms with E-state index in [4.69, 9.17) is 5.26 Å². The third-order valence-corrected chi connectivity index (χ3v) is 3.15. The predicted octanol–water partition coefficient (Wildman–Crippen LogP) is 3.04. The molecule has 2 aromatic rings. The maximum absolute atomic E-state index is 11.1. The molecule has 21 heavy (non-hydrogen) atoms. The van der Waals surface area contributed by atoms with E-state index in [1.54, 1.807) is 18.3 Å². The smallest absolute Gasteiger partial charge is 0.309 e. The number of anilines is 1. The third kappa shape index (κ3) is 3.15.